The second-order valence-electron chi connectivity index (χ2n) is 3.95. The van der Waals surface area contributed by atoms with Crippen molar-refractivity contribution >= 4 is 25.8 Å². The van der Waals surface area contributed by atoms with Gasteiger partial charge in [-0.15, -0.1) is 0 Å². The van der Waals surface area contributed by atoms with Gasteiger partial charge in [0.15, 0.2) is 0 Å². The molecule has 6 heteroatoms. The van der Waals surface area contributed by atoms with E-state index in [1.807, 2.05) is 0 Å². The van der Waals surface area contributed by atoms with E-state index in [2.05, 4.69) is 15.9 Å². The van der Waals surface area contributed by atoms with Crippen molar-refractivity contribution in [1.82, 2.24) is 0 Å². The van der Waals surface area contributed by atoms with E-state index in [1.54, 1.807) is 0 Å². The van der Waals surface area contributed by atoms with E-state index in [1.165, 1.54) is 18.2 Å². The van der Waals surface area contributed by atoms with Gasteiger partial charge in [0.05, 0.1) is 6.10 Å². The van der Waals surface area contributed by atoms with Gasteiger partial charge in [0.2, 0.25) is 0 Å². The summed E-state index contributed by atoms with van der Waals surface area (Å²) in [5.74, 6) is -0.401. The summed E-state index contributed by atoms with van der Waals surface area (Å²) in [6.07, 6.45) is 0.928. The zero-order chi connectivity index (χ0) is 13.1. The minimum Gasteiger partial charge on any atom is -0.388 e. The molecule has 0 aliphatic rings. The van der Waals surface area contributed by atoms with Crippen molar-refractivity contribution in [2.45, 2.75) is 18.9 Å². The normalized spacial score (nSPS) is 13.6. The SMILES string of the molecule is CS(=O)(=O)CCCC(O)c1cc(F)ccc1Br. The first-order valence-electron chi connectivity index (χ1n) is 5.10. The van der Waals surface area contributed by atoms with Crippen LogP contribution in [0.5, 0.6) is 0 Å². The lowest BCUT2D eigenvalue weighted by atomic mass is 10.1. The maximum absolute atomic E-state index is 13.0. The molecular formula is C11H14BrFO3S. The van der Waals surface area contributed by atoms with E-state index >= 15 is 0 Å². The molecule has 0 saturated heterocycles. The third kappa shape index (κ3) is 5.14. The van der Waals surface area contributed by atoms with Gasteiger partial charge in [0, 0.05) is 16.5 Å². The number of hydrogen-bond donors (Lipinski definition) is 1. The summed E-state index contributed by atoms with van der Waals surface area (Å²) in [6.45, 7) is 0. The van der Waals surface area contributed by atoms with Crippen LogP contribution in [0.25, 0.3) is 0 Å². The average molecular weight is 325 g/mol. The summed E-state index contributed by atoms with van der Waals surface area (Å²) < 4.78 is 35.4. The Kier molecular flexibility index (Phi) is 5.09. The highest BCUT2D eigenvalue weighted by molar-refractivity contribution is 9.10. The molecule has 0 fully saturated rings. The van der Waals surface area contributed by atoms with Gasteiger partial charge in [-0.1, -0.05) is 15.9 Å². The zero-order valence-corrected chi connectivity index (χ0v) is 11.8. The van der Waals surface area contributed by atoms with Crippen molar-refractivity contribution in [2.75, 3.05) is 12.0 Å². The molecule has 0 aliphatic heterocycles. The van der Waals surface area contributed by atoms with Crippen LogP contribution in [0.1, 0.15) is 24.5 Å². The molecule has 96 valence electrons. The maximum atomic E-state index is 13.0. The predicted octanol–water partition coefficient (Wildman–Crippen LogP) is 2.45. The maximum Gasteiger partial charge on any atom is 0.147 e. The number of rotatable bonds is 5. The minimum atomic E-state index is -3.02. The number of hydrogen-bond acceptors (Lipinski definition) is 3. The van der Waals surface area contributed by atoms with Crippen LogP contribution in [0.4, 0.5) is 4.39 Å². The van der Waals surface area contributed by atoms with E-state index in [-0.39, 0.29) is 12.2 Å². The third-order valence-corrected chi connectivity index (χ3v) is 4.06. The number of halogens is 2. The summed E-state index contributed by atoms with van der Waals surface area (Å²) in [7, 11) is -3.02. The Balaban J connectivity index is 2.64. The van der Waals surface area contributed by atoms with Gasteiger partial charge >= 0.3 is 0 Å². The van der Waals surface area contributed by atoms with E-state index < -0.39 is 21.8 Å². The second kappa shape index (κ2) is 5.93. The van der Waals surface area contributed by atoms with Crippen LogP contribution < -0.4 is 0 Å². The molecule has 0 amide bonds. The molecule has 1 aromatic rings. The highest BCUT2D eigenvalue weighted by atomic mass is 79.9. The molecule has 1 aromatic carbocycles. The number of aliphatic hydroxyl groups is 1. The van der Waals surface area contributed by atoms with Gasteiger partial charge in [-0.25, -0.2) is 12.8 Å². The van der Waals surface area contributed by atoms with Crippen LogP contribution in [-0.2, 0) is 9.84 Å². The first-order chi connectivity index (χ1) is 7.79. The molecule has 0 aliphatic carbocycles. The Morgan fingerprint density at radius 1 is 1.47 bits per heavy atom. The molecule has 1 unspecified atom stereocenters. The van der Waals surface area contributed by atoms with Crippen LogP contribution in [0.3, 0.4) is 0 Å². The Bertz CT molecular complexity index is 487. The zero-order valence-electron chi connectivity index (χ0n) is 9.36. The number of benzene rings is 1. The van der Waals surface area contributed by atoms with Gasteiger partial charge in [-0.05, 0) is 36.6 Å². The first kappa shape index (κ1) is 14.6. The standard InChI is InChI=1S/C11H14BrFO3S/c1-17(15,16)6-2-3-11(14)9-7-8(13)4-5-10(9)12/h4-5,7,11,14H,2-3,6H2,1H3. The number of aliphatic hydroxyl groups excluding tert-OH is 1. The molecule has 17 heavy (non-hydrogen) atoms. The molecule has 0 saturated carbocycles. The Morgan fingerprint density at radius 3 is 2.71 bits per heavy atom. The fourth-order valence-electron chi connectivity index (χ4n) is 1.46. The minimum absolute atomic E-state index is 0.0248. The van der Waals surface area contributed by atoms with E-state index in [0.29, 0.717) is 16.5 Å². The van der Waals surface area contributed by atoms with Crippen molar-refractivity contribution in [3.63, 3.8) is 0 Å². The van der Waals surface area contributed by atoms with E-state index in [9.17, 15) is 17.9 Å². The summed E-state index contributed by atoms with van der Waals surface area (Å²) in [4.78, 5) is 0. The summed E-state index contributed by atoms with van der Waals surface area (Å²) in [5.41, 5.74) is 0.443. The second-order valence-corrected chi connectivity index (χ2v) is 7.07. The van der Waals surface area contributed by atoms with Crippen molar-refractivity contribution in [3.05, 3.63) is 34.1 Å². The van der Waals surface area contributed by atoms with E-state index in [0.717, 1.165) is 6.26 Å². The van der Waals surface area contributed by atoms with Gasteiger partial charge in [-0.2, -0.15) is 0 Å². The fourth-order valence-corrected chi connectivity index (χ4v) is 2.67. The lowest BCUT2D eigenvalue weighted by Crippen LogP contribution is -2.06. The Morgan fingerprint density at radius 2 is 2.12 bits per heavy atom. The molecule has 0 bridgehead atoms. The predicted molar refractivity (Wildman–Crippen MR) is 68.0 cm³/mol. The highest BCUT2D eigenvalue weighted by Gasteiger charge is 2.13. The summed E-state index contributed by atoms with van der Waals surface area (Å²) in [5, 5.41) is 9.83. The molecule has 1 atom stereocenters. The molecule has 1 rings (SSSR count). The van der Waals surface area contributed by atoms with Crippen molar-refractivity contribution in [1.29, 1.82) is 0 Å². The molecule has 0 spiro atoms. The monoisotopic (exact) mass is 324 g/mol. The fraction of sp³-hybridized carbons (Fsp3) is 0.455. The third-order valence-electron chi connectivity index (χ3n) is 2.31. The van der Waals surface area contributed by atoms with Gasteiger partial charge < -0.3 is 5.11 Å². The molecule has 3 nitrogen and oxygen atoms in total. The van der Waals surface area contributed by atoms with Crippen molar-refractivity contribution in [3.8, 4) is 0 Å². The lowest BCUT2D eigenvalue weighted by molar-refractivity contribution is 0.165. The smallest absolute Gasteiger partial charge is 0.147 e. The van der Waals surface area contributed by atoms with Gasteiger partial charge in [0.25, 0.3) is 0 Å². The molecule has 0 radical (unpaired) electrons. The van der Waals surface area contributed by atoms with Crippen LogP contribution in [0.2, 0.25) is 0 Å². The van der Waals surface area contributed by atoms with Crippen LogP contribution in [0.15, 0.2) is 22.7 Å². The topological polar surface area (TPSA) is 54.4 Å². The van der Waals surface area contributed by atoms with Gasteiger partial charge in [-0.3, -0.25) is 0 Å². The molecule has 0 aromatic heterocycles. The first-order valence-corrected chi connectivity index (χ1v) is 7.95. The van der Waals surface area contributed by atoms with Crippen molar-refractivity contribution in [2.24, 2.45) is 0 Å². The highest BCUT2D eigenvalue weighted by Crippen LogP contribution is 2.27. The van der Waals surface area contributed by atoms with Crippen LogP contribution >= 0.6 is 15.9 Å². The summed E-state index contributed by atoms with van der Waals surface area (Å²) >= 11 is 3.22. The lowest BCUT2D eigenvalue weighted by Gasteiger charge is -2.12. The number of sulfone groups is 1. The van der Waals surface area contributed by atoms with Crippen LogP contribution in [-0.4, -0.2) is 25.5 Å². The van der Waals surface area contributed by atoms with E-state index in [4.69, 9.17) is 0 Å². The molecule has 0 heterocycles. The average Bonchev–Trinajstić information content (AvgIpc) is 2.19. The molecule has 1 N–H and O–H groups in total. The Hall–Kier alpha value is -0.460. The largest absolute Gasteiger partial charge is 0.388 e. The molecular weight excluding hydrogens is 311 g/mol. The van der Waals surface area contributed by atoms with Gasteiger partial charge in [0.1, 0.15) is 15.7 Å². The Labute approximate surface area is 109 Å². The van der Waals surface area contributed by atoms with Crippen molar-refractivity contribution < 1.29 is 17.9 Å². The quantitative estimate of drug-likeness (QED) is 0.905. The summed E-state index contributed by atoms with van der Waals surface area (Å²) in [6, 6.07) is 4.05. The van der Waals surface area contributed by atoms with Crippen LogP contribution in [0, 0.1) is 5.82 Å².